The van der Waals surface area contributed by atoms with Crippen LogP contribution in [0.25, 0.3) is 87.6 Å². The summed E-state index contributed by atoms with van der Waals surface area (Å²) in [6.45, 7) is 0. The maximum Gasteiger partial charge on any atom is 0.143 e. The average molecular weight is 597 g/mol. The number of hydrogen-bond donors (Lipinski definition) is 0. The van der Waals surface area contributed by atoms with Gasteiger partial charge in [-0.25, -0.2) is 0 Å². The third-order valence-electron chi connectivity index (χ3n) is 7.56. The van der Waals surface area contributed by atoms with E-state index in [9.17, 15) is 11.0 Å². The van der Waals surface area contributed by atoms with Crippen molar-refractivity contribution < 1.29 is 40.4 Å². The summed E-state index contributed by atoms with van der Waals surface area (Å²) in [5, 5.41) is -3.47. The van der Waals surface area contributed by atoms with E-state index in [1.54, 1.807) is 0 Å². The summed E-state index contributed by atoms with van der Waals surface area (Å²) in [6, 6.07) is -22.9. The Hall–Kier alpha value is -5.92. The summed E-state index contributed by atoms with van der Waals surface area (Å²) in [7, 11) is 0. The SMILES string of the molecule is [2H]c1c([2H])c([2H])c(-c2c([2H])c(-c3c([2H])c([2H])c([2H])c4c3Oc3c([2H])c([2H])c([2H])c5c([2H])c([2H])c([2H])c-4c35)c([2H])c(-c3c([2H])c([2H])c4c([2H])c([2H])c5c([2H])c([2H])c([2H])c6c([2H])c([2H])c3c4c56)c2[2H])c([2H])c1[2H]. The maximum absolute atomic E-state index is 10.0. The van der Waals surface area contributed by atoms with Crippen LogP contribution in [-0.2, 0) is 0 Å². The molecule has 0 saturated heterocycles. The predicted octanol–water partition coefficient (Wildman–Crippen LogP) is 12.5. The van der Waals surface area contributed by atoms with E-state index in [0.717, 1.165) is 0 Å². The summed E-state index contributed by atoms with van der Waals surface area (Å²) in [6.07, 6.45) is 0. The van der Waals surface area contributed by atoms with Gasteiger partial charge in [-0.2, -0.15) is 0 Å². The molecule has 0 aliphatic carbocycles. The standard InChI is InChI=1S/C44H26O/c1-2-8-27(9-3-1)32-24-33(35-22-20-31-19-18-29-10-4-11-30-21-23-38(35)43(31)41(29)30)26-34(25-32)36-14-7-16-39-37-15-5-12-28-13-6-17-40(42(28)37)45-44(36)39/h1-26H/i1D,2D,3D,4D,5D,6D,7D,8D,9D,10D,11D,12D,13D,14D,15D,16D,17D,18D,19D,20D,21D,22D,23D,24D,25D,26D. The fraction of sp³-hybridized carbons (Fsp3) is 0. The molecule has 0 bridgehead atoms. The normalized spacial score (nSPS) is 20.3. The van der Waals surface area contributed by atoms with Crippen molar-refractivity contribution in [2.45, 2.75) is 0 Å². The van der Waals surface area contributed by atoms with Crippen molar-refractivity contribution in [1.82, 2.24) is 0 Å². The van der Waals surface area contributed by atoms with Crippen molar-refractivity contribution in [1.29, 1.82) is 0 Å². The van der Waals surface area contributed by atoms with E-state index in [-0.39, 0.29) is 16.2 Å². The third kappa shape index (κ3) is 3.62. The molecule has 9 aromatic carbocycles. The van der Waals surface area contributed by atoms with E-state index in [4.69, 9.17) is 29.4 Å². The Labute approximate surface area is 297 Å². The average Bonchev–Trinajstić information content (AvgIpc) is 3.33. The number of para-hydroxylation sites is 1. The van der Waals surface area contributed by atoms with Gasteiger partial charge in [-0.15, -0.1) is 0 Å². The summed E-state index contributed by atoms with van der Waals surface area (Å²) >= 11 is 0. The second kappa shape index (κ2) is 9.29. The summed E-state index contributed by atoms with van der Waals surface area (Å²) in [4.78, 5) is 0. The zero-order valence-corrected chi connectivity index (χ0v) is 22.4. The van der Waals surface area contributed by atoms with E-state index in [2.05, 4.69) is 0 Å². The highest BCUT2D eigenvalue weighted by Gasteiger charge is 2.23. The second-order valence-corrected chi connectivity index (χ2v) is 10.0. The van der Waals surface area contributed by atoms with Gasteiger partial charge < -0.3 is 4.74 Å². The molecule has 45 heavy (non-hydrogen) atoms. The van der Waals surface area contributed by atoms with Gasteiger partial charge in [0.2, 0.25) is 0 Å². The van der Waals surface area contributed by atoms with Gasteiger partial charge in [-0.05, 0) is 95.3 Å². The molecular weight excluding hydrogens is 544 g/mol. The molecule has 10 rings (SSSR count). The fourth-order valence-corrected chi connectivity index (χ4v) is 5.62. The lowest BCUT2D eigenvalue weighted by Crippen LogP contribution is -1.99. The van der Waals surface area contributed by atoms with Crippen molar-refractivity contribution in [2.75, 3.05) is 0 Å². The highest BCUT2D eigenvalue weighted by Crippen LogP contribution is 2.51. The zero-order valence-electron chi connectivity index (χ0n) is 48.4. The van der Waals surface area contributed by atoms with Crippen LogP contribution in [0.3, 0.4) is 0 Å². The first-order valence-corrected chi connectivity index (χ1v) is 13.4. The Morgan fingerprint density at radius 3 is 1.76 bits per heavy atom. The molecule has 1 aliphatic rings. The van der Waals surface area contributed by atoms with Crippen LogP contribution in [0.2, 0.25) is 0 Å². The van der Waals surface area contributed by atoms with Crippen LogP contribution in [0.4, 0.5) is 0 Å². The van der Waals surface area contributed by atoms with Gasteiger partial charge >= 0.3 is 0 Å². The van der Waals surface area contributed by atoms with Crippen molar-refractivity contribution in [3.63, 3.8) is 0 Å². The fourth-order valence-electron chi connectivity index (χ4n) is 5.62. The Morgan fingerprint density at radius 1 is 0.356 bits per heavy atom. The molecule has 0 spiro atoms. The first-order chi connectivity index (χ1) is 33.2. The van der Waals surface area contributed by atoms with Crippen molar-refractivity contribution >= 4 is 43.1 Å². The Morgan fingerprint density at radius 2 is 0.933 bits per heavy atom. The van der Waals surface area contributed by atoms with Crippen molar-refractivity contribution in [3.8, 4) is 56.0 Å². The van der Waals surface area contributed by atoms with Gasteiger partial charge in [-0.1, -0.05) is 133 Å². The van der Waals surface area contributed by atoms with Crippen LogP contribution < -0.4 is 4.74 Å². The van der Waals surface area contributed by atoms with Crippen LogP contribution >= 0.6 is 0 Å². The van der Waals surface area contributed by atoms with Crippen LogP contribution in [0.1, 0.15) is 35.6 Å². The largest absolute Gasteiger partial charge is 0.455 e. The Kier molecular flexibility index (Phi) is 2.13. The third-order valence-corrected chi connectivity index (χ3v) is 7.56. The molecular formula is C44H26O. The summed E-state index contributed by atoms with van der Waals surface area (Å²) in [5.41, 5.74) is -6.17. The minimum absolute atomic E-state index is 0.320. The number of hydrogen-bond acceptors (Lipinski definition) is 1. The lowest BCUT2D eigenvalue weighted by atomic mass is 9.87. The molecule has 0 atom stereocenters. The van der Waals surface area contributed by atoms with E-state index >= 15 is 0 Å². The monoisotopic (exact) mass is 596 g/mol. The van der Waals surface area contributed by atoms with Gasteiger partial charge in [0.15, 0.2) is 0 Å². The molecule has 0 saturated carbocycles. The van der Waals surface area contributed by atoms with Crippen molar-refractivity contribution in [2.24, 2.45) is 0 Å². The van der Waals surface area contributed by atoms with Gasteiger partial charge in [0, 0.05) is 16.5 Å². The Bertz CT molecular complexity index is 4030. The molecule has 0 radical (unpaired) electrons. The molecule has 1 aliphatic heterocycles. The molecule has 9 aromatic rings. The highest BCUT2D eigenvalue weighted by atomic mass is 16.5. The van der Waals surface area contributed by atoms with E-state index in [1.165, 1.54) is 0 Å². The molecule has 0 unspecified atom stereocenters. The second-order valence-electron chi connectivity index (χ2n) is 10.0. The lowest BCUT2D eigenvalue weighted by Gasteiger charge is -2.24. The molecule has 208 valence electrons. The molecule has 1 nitrogen and oxygen atoms in total. The molecule has 1 heteroatoms. The summed E-state index contributed by atoms with van der Waals surface area (Å²) in [5.74, 6) is -1.40. The zero-order chi connectivity index (χ0) is 52.1. The van der Waals surface area contributed by atoms with Crippen LogP contribution in [-0.4, -0.2) is 0 Å². The Balaban J connectivity index is 1.49. The van der Waals surface area contributed by atoms with Crippen molar-refractivity contribution in [3.05, 3.63) is 157 Å². The topological polar surface area (TPSA) is 9.23 Å². The van der Waals surface area contributed by atoms with Gasteiger partial charge in [-0.3, -0.25) is 0 Å². The first kappa shape index (κ1) is 10.3. The van der Waals surface area contributed by atoms with Crippen LogP contribution in [0.15, 0.2) is 157 Å². The van der Waals surface area contributed by atoms with Gasteiger partial charge in [0.05, 0.1) is 35.6 Å². The molecule has 0 N–H and O–H groups in total. The van der Waals surface area contributed by atoms with E-state index in [1.807, 2.05) is 0 Å². The minimum Gasteiger partial charge on any atom is -0.455 e. The number of rotatable bonds is 3. The minimum atomic E-state index is -1.08. The molecule has 0 aromatic heterocycles. The predicted molar refractivity (Wildman–Crippen MR) is 189 cm³/mol. The van der Waals surface area contributed by atoms with Crippen LogP contribution in [0.5, 0.6) is 11.5 Å². The molecule has 1 heterocycles. The number of benzene rings is 9. The maximum atomic E-state index is 10.0. The molecule has 0 fully saturated rings. The van der Waals surface area contributed by atoms with E-state index in [0.29, 0.717) is 0 Å². The van der Waals surface area contributed by atoms with Crippen LogP contribution in [0, 0.1) is 0 Å². The summed E-state index contributed by atoms with van der Waals surface area (Å²) < 4.78 is 241. The number of ether oxygens (including phenoxy) is 1. The smallest absolute Gasteiger partial charge is 0.143 e. The van der Waals surface area contributed by atoms with E-state index < -0.39 is 240 Å². The van der Waals surface area contributed by atoms with Gasteiger partial charge in [0.1, 0.15) is 11.5 Å². The highest BCUT2D eigenvalue weighted by molar-refractivity contribution is 6.25. The lowest BCUT2D eigenvalue weighted by molar-refractivity contribution is 0.489. The molecule has 0 amide bonds. The number of fused-ring (bicyclic) bond motifs is 2. The quantitative estimate of drug-likeness (QED) is 0.184. The van der Waals surface area contributed by atoms with Gasteiger partial charge in [0.25, 0.3) is 0 Å². The first-order valence-electron chi connectivity index (χ1n) is 26.4.